The first-order chi connectivity index (χ1) is 14.9. The van der Waals surface area contributed by atoms with Crippen LogP contribution >= 0.6 is 11.6 Å². The highest BCUT2D eigenvalue weighted by atomic mass is 35.5. The molecule has 6 nitrogen and oxygen atoms in total. The second kappa shape index (κ2) is 8.51. The number of nitrogens with zero attached hydrogens (tertiary/aromatic N) is 3. The lowest BCUT2D eigenvalue weighted by Crippen LogP contribution is -2.29. The summed E-state index contributed by atoms with van der Waals surface area (Å²) in [6, 6.07) is 9.97. The molecule has 31 heavy (non-hydrogen) atoms. The highest BCUT2D eigenvalue weighted by molar-refractivity contribution is 6.33. The fourth-order valence-electron chi connectivity index (χ4n) is 3.61. The van der Waals surface area contributed by atoms with E-state index < -0.39 is 5.82 Å². The number of aryl methyl sites for hydroxylation is 2. The number of fused-ring (bicyclic) bond motifs is 1. The number of amides is 1. The molecule has 2 aromatic heterocycles. The molecule has 1 N–H and O–H groups in total. The summed E-state index contributed by atoms with van der Waals surface area (Å²) in [5, 5.41) is 5.30. The molecule has 2 heterocycles. The molecule has 4 rings (SSSR count). The summed E-state index contributed by atoms with van der Waals surface area (Å²) in [5.41, 5.74) is 4.42. The Bertz CT molecular complexity index is 1260. The fraction of sp³-hybridized carbons (Fsp3) is 0.261. The van der Waals surface area contributed by atoms with Crippen molar-refractivity contribution in [1.29, 1.82) is 0 Å². The standard InChI is InChI=1S/C23H22ClFN4O2/c1-4-15-17-11-13(2)5-8-19(17)26-21(15)22-27-20(28-31-22)9-10-29(3)23(30)16-7-6-14(25)12-18(16)24/h5-8,11-12,26H,4,9-10H2,1-3H3. The van der Waals surface area contributed by atoms with Crippen LogP contribution in [0.3, 0.4) is 0 Å². The number of carbonyl (C=O) groups excluding carboxylic acids is 1. The van der Waals surface area contributed by atoms with Gasteiger partial charge in [0.1, 0.15) is 11.5 Å². The fourth-order valence-corrected chi connectivity index (χ4v) is 3.85. The maximum absolute atomic E-state index is 13.2. The second-order valence-corrected chi connectivity index (χ2v) is 7.90. The molecule has 1 amide bonds. The van der Waals surface area contributed by atoms with Gasteiger partial charge in [0.25, 0.3) is 11.8 Å². The van der Waals surface area contributed by atoms with Gasteiger partial charge >= 0.3 is 0 Å². The molecule has 0 saturated carbocycles. The van der Waals surface area contributed by atoms with E-state index in [1.807, 2.05) is 6.07 Å². The molecule has 8 heteroatoms. The van der Waals surface area contributed by atoms with Crippen LogP contribution in [0.4, 0.5) is 4.39 Å². The maximum atomic E-state index is 13.2. The summed E-state index contributed by atoms with van der Waals surface area (Å²) in [5.74, 6) is 0.142. The number of nitrogens with one attached hydrogen (secondary N) is 1. The van der Waals surface area contributed by atoms with E-state index in [1.165, 1.54) is 22.6 Å². The minimum Gasteiger partial charge on any atom is -0.350 e. The smallest absolute Gasteiger partial charge is 0.274 e. The Morgan fingerprint density at radius 1 is 1.26 bits per heavy atom. The molecule has 4 aromatic rings. The molecule has 0 saturated heterocycles. The van der Waals surface area contributed by atoms with Gasteiger partial charge in [-0.15, -0.1) is 0 Å². The first-order valence-corrected chi connectivity index (χ1v) is 10.4. The third kappa shape index (κ3) is 4.18. The molecule has 0 fully saturated rings. The van der Waals surface area contributed by atoms with Crippen LogP contribution in [-0.4, -0.2) is 39.5 Å². The molecule has 0 aliphatic heterocycles. The van der Waals surface area contributed by atoms with Gasteiger partial charge in [0.05, 0.1) is 10.6 Å². The lowest BCUT2D eigenvalue weighted by atomic mass is 10.1. The maximum Gasteiger partial charge on any atom is 0.274 e. The highest BCUT2D eigenvalue weighted by Gasteiger charge is 2.19. The lowest BCUT2D eigenvalue weighted by Gasteiger charge is -2.16. The Hall–Kier alpha value is -3.19. The first kappa shape index (κ1) is 21.1. The summed E-state index contributed by atoms with van der Waals surface area (Å²) in [4.78, 5) is 22.0. The normalized spacial score (nSPS) is 11.3. The molecule has 160 valence electrons. The Morgan fingerprint density at radius 2 is 2.06 bits per heavy atom. The predicted octanol–water partition coefficient (Wildman–Crippen LogP) is 5.20. The zero-order valence-electron chi connectivity index (χ0n) is 17.5. The molecule has 2 aromatic carbocycles. The molecule has 0 spiro atoms. The molecule has 0 aliphatic rings. The van der Waals surface area contributed by atoms with Crippen LogP contribution in [0, 0.1) is 12.7 Å². The largest absolute Gasteiger partial charge is 0.350 e. The van der Waals surface area contributed by atoms with Crippen LogP contribution in [0.5, 0.6) is 0 Å². The quantitative estimate of drug-likeness (QED) is 0.447. The van der Waals surface area contributed by atoms with Gasteiger partial charge in [-0.3, -0.25) is 4.79 Å². The Labute approximate surface area is 184 Å². The van der Waals surface area contributed by atoms with Crippen LogP contribution in [-0.2, 0) is 12.8 Å². The summed E-state index contributed by atoms with van der Waals surface area (Å²) in [6.45, 7) is 4.51. The van der Waals surface area contributed by atoms with Crippen LogP contribution < -0.4 is 0 Å². The van der Waals surface area contributed by atoms with Crippen LogP contribution in [0.2, 0.25) is 5.02 Å². The van der Waals surface area contributed by atoms with E-state index in [0.29, 0.717) is 24.7 Å². The molecule has 0 unspecified atom stereocenters. The van der Waals surface area contributed by atoms with Crippen molar-refractivity contribution in [1.82, 2.24) is 20.0 Å². The van der Waals surface area contributed by atoms with E-state index in [9.17, 15) is 9.18 Å². The summed E-state index contributed by atoms with van der Waals surface area (Å²) < 4.78 is 18.7. The van der Waals surface area contributed by atoms with Crippen LogP contribution in [0.15, 0.2) is 40.9 Å². The van der Waals surface area contributed by atoms with Crippen LogP contribution in [0.25, 0.3) is 22.5 Å². The minimum absolute atomic E-state index is 0.0832. The van der Waals surface area contributed by atoms with Gasteiger partial charge in [-0.1, -0.05) is 35.3 Å². The third-order valence-electron chi connectivity index (χ3n) is 5.28. The van der Waals surface area contributed by atoms with Gasteiger partial charge in [-0.05, 0) is 49.2 Å². The van der Waals surface area contributed by atoms with Crippen molar-refractivity contribution in [3.8, 4) is 11.6 Å². The summed E-state index contributed by atoms with van der Waals surface area (Å²) >= 11 is 6.00. The Balaban J connectivity index is 1.50. The van der Waals surface area contributed by atoms with Crippen molar-refractivity contribution in [2.75, 3.05) is 13.6 Å². The molecule has 0 aliphatic carbocycles. The lowest BCUT2D eigenvalue weighted by molar-refractivity contribution is 0.0796. The van der Waals surface area contributed by atoms with E-state index in [2.05, 4.69) is 41.1 Å². The van der Waals surface area contributed by atoms with Gasteiger partial charge in [-0.2, -0.15) is 4.98 Å². The number of aromatic nitrogens is 3. The van der Waals surface area contributed by atoms with Gasteiger partial charge in [0.15, 0.2) is 5.82 Å². The van der Waals surface area contributed by atoms with Crippen molar-refractivity contribution in [3.63, 3.8) is 0 Å². The SMILES string of the molecule is CCc1c(-c2nc(CCN(C)C(=O)c3ccc(F)cc3Cl)no2)[nH]c2ccc(C)cc12. The topological polar surface area (TPSA) is 75.0 Å². The number of hydrogen-bond acceptors (Lipinski definition) is 4. The Kier molecular flexibility index (Phi) is 5.78. The van der Waals surface area contributed by atoms with E-state index >= 15 is 0 Å². The van der Waals surface area contributed by atoms with E-state index in [1.54, 1.807) is 7.05 Å². The summed E-state index contributed by atoms with van der Waals surface area (Å²) in [6.07, 6.45) is 1.23. The number of rotatable bonds is 6. The van der Waals surface area contributed by atoms with Crippen molar-refractivity contribution in [2.45, 2.75) is 26.7 Å². The van der Waals surface area contributed by atoms with Gasteiger partial charge in [0, 0.05) is 30.9 Å². The number of benzene rings is 2. The van der Waals surface area contributed by atoms with Gasteiger partial charge < -0.3 is 14.4 Å². The van der Waals surface area contributed by atoms with Crippen LogP contribution in [0.1, 0.15) is 34.2 Å². The van der Waals surface area contributed by atoms with Gasteiger partial charge in [0.2, 0.25) is 0 Å². The molecular weight excluding hydrogens is 419 g/mol. The molecule has 0 atom stereocenters. The first-order valence-electron chi connectivity index (χ1n) is 10.0. The molecule has 0 bridgehead atoms. The number of aromatic amines is 1. The van der Waals surface area contributed by atoms with E-state index in [4.69, 9.17) is 16.1 Å². The third-order valence-corrected chi connectivity index (χ3v) is 5.59. The van der Waals surface area contributed by atoms with Crippen molar-refractivity contribution >= 4 is 28.4 Å². The zero-order valence-corrected chi connectivity index (χ0v) is 18.3. The van der Waals surface area contributed by atoms with Crippen molar-refractivity contribution in [3.05, 3.63) is 69.8 Å². The van der Waals surface area contributed by atoms with E-state index in [-0.39, 0.29) is 16.5 Å². The average Bonchev–Trinajstić information content (AvgIpc) is 3.35. The number of H-pyrrole nitrogens is 1. The average molecular weight is 441 g/mol. The van der Waals surface area contributed by atoms with Gasteiger partial charge in [-0.25, -0.2) is 4.39 Å². The van der Waals surface area contributed by atoms with Crippen molar-refractivity contribution in [2.24, 2.45) is 0 Å². The number of hydrogen-bond donors (Lipinski definition) is 1. The second-order valence-electron chi connectivity index (χ2n) is 7.50. The zero-order chi connectivity index (χ0) is 22.1. The van der Waals surface area contributed by atoms with Crippen molar-refractivity contribution < 1.29 is 13.7 Å². The molecular formula is C23H22ClFN4O2. The number of likely N-dealkylation sites (N-methyl/N-ethyl adjacent to an activating group) is 1. The highest BCUT2D eigenvalue weighted by Crippen LogP contribution is 2.30. The number of halogens is 2. The Morgan fingerprint density at radius 3 is 2.81 bits per heavy atom. The van der Waals surface area contributed by atoms with E-state index in [0.717, 1.165) is 34.6 Å². The minimum atomic E-state index is -0.484. The predicted molar refractivity (Wildman–Crippen MR) is 118 cm³/mol. The monoisotopic (exact) mass is 440 g/mol. The summed E-state index contributed by atoms with van der Waals surface area (Å²) in [7, 11) is 1.65. The number of carbonyl (C=O) groups is 1. The molecule has 0 radical (unpaired) electrons.